The van der Waals surface area contributed by atoms with Gasteiger partial charge in [0, 0.05) is 16.1 Å². The Hall–Kier alpha value is -1.53. The zero-order valence-corrected chi connectivity index (χ0v) is 11.6. The molecule has 3 nitrogen and oxygen atoms in total. The van der Waals surface area contributed by atoms with Gasteiger partial charge in [-0.3, -0.25) is 0 Å². The molecule has 0 amide bonds. The van der Waals surface area contributed by atoms with E-state index in [4.69, 9.17) is 17.3 Å². The summed E-state index contributed by atoms with van der Waals surface area (Å²) >= 11 is 5.73. The highest BCUT2D eigenvalue weighted by atomic mass is 35.5. The second-order valence-electron chi connectivity index (χ2n) is 5.01. The van der Waals surface area contributed by atoms with E-state index in [0.717, 1.165) is 10.9 Å². The zero-order chi connectivity index (χ0) is 15.1. The van der Waals surface area contributed by atoms with Crippen LogP contribution in [-0.4, -0.2) is 9.78 Å². The fourth-order valence-corrected chi connectivity index (χ4v) is 2.00. The summed E-state index contributed by atoms with van der Waals surface area (Å²) < 4.78 is 40.7. The van der Waals surface area contributed by atoms with Gasteiger partial charge >= 0.3 is 6.18 Å². The standard InChI is InChI=1S/C13H13ClF3N3/c1-12(2,18)10-7-19-20(11(10)13(15,16)17)9-5-3-8(14)4-6-9/h3-7H,18H2,1-2H3. The van der Waals surface area contributed by atoms with Gasteiger partial charge in [0.1, 0.15) is 0 Å². The number of nitrogens with zero attached hydrogens (tertiary/aromatic N) is 2. The molecule has 0 unspecified atom stereocenters. The Labute approximate surface area is 119 Å². The van der Waals surface area contributed by atoms with Gasteiger partial charge in [-0.05, 0) is 38.1 Å². The minimum atomic E-state index is -4.55. The number of halogens is 4. The molecule has 1 aromatic heterocycles. The molecular formula is C13H13ClF3N3. The highest BCUT2D eigenvalue weighted by molar-refractivity contribution is 6.30. The number of alkyl halides is 3. The van der Waals surface area contributed by atoms with Crippen molar-refractivity contribution in [1.82, 2.24) is 9.78 Å². The minimum absolute atomic E-state index is 0.0556. The van der Waals surface area contributed by atoms with Crippen LogP contribution < -0.4 is 5.73 Å². The molecule has 7 heteroatoms. The zero-order valence-electron chi connectivity index (χ0n) is 10.9. The molecule has 0 aliphatic heterocycles. The van der Waals surface area contributed by atoms with Crippen molar-refractivity contribution in [3.63, 3.8) is 0 Å². The topological polar surface area (TPSA) is 43.8 Å². The molecule has 0 aliphatic rings. The molecule has 0 bridgehead atoms. The molecule has 0 saturated heterocycles. The quantitative estimate of drug-likeness (QED) is 0.918. The number of hydrogen-bond donors (Lipinski definition) is 1. The Kier molecular flexibility index (Phi) is 3.56. The average Bonchev–Trinajstić information content (AvgIpc) is 2.73. The third-order valence-electron chi connectivity index (χ3n) is 2.80. The smallest absolute Gasteiger partial charge is 0.322 e. The first kappa shape index (κ1) is 14.9. The van der Waals surface area contributed by atoms with Crippen LogP contribution in [0, 0.1) is 0 Å². The van der Waals surface area contributed by atoms with Gasteiger partial charge < -0.3 is 5.73 Å². The van der Waals surface area contributed by atoms with Crippen LogP contribution in [0.2, 0.25) is 5.02 Å². The normalized spacial score (nSPS) is 12.8. The first-order chi connectivity index (χ1) is 9.10. The molecule has 0 saturated carbocycles. The molecule has 1 heterocycles. The number of nitrogens with two attached hydrogens (primary N) is 1. The van der Waals surface area contributed by atoms with Crippen molar-refractivity contribution in [2.24, 2.45) is 5.73 Å². The lowest BCUT2D eigenvalue weighted by atomic mass is 9.96. The van der Waals surface area contributed by atoms with Gasteiger partial charge in [0.2, 0.25) is 0 Å². The lowest BCUT2D eigenvalue weighted by Crippen LogP contribution is -2.31. The fourth-order valence-electron chi connectivity index (χ4n) is 1.87. The van der Waals surface area contributed by atoms with E-state index in [-0.39, 0.29) is 11.3 Å². The lowest BCUT2D eigenvalue weighted by Gasteiger charge is -2.21. The summed E-state index contributed by atoms with van der Waals surface area (Å²) in [6.45, 7) is 3.01. The second-order valence-corrected chi connectivity index (χ2v) is 5.45. The van der Waals surface area contributed by atoms with Gasteiger partial charge in [-0.15, -0.1) is 0 Å². The second kappa shape index (κ2) is 4.79. The van der Waals surface area contributed by atoms with Crippen molar-refractivity contribution < 1.29 is 13.2 Å². The van der Waals surface area contributed by atoms with Gasteiger partial charge in [0.05, 0.1) is 11.9 Å². The van der Waals surface area contributed by atoms with Gasteiger partial charge in [-0.25, -0.2) is 4.68 Å². The van der Waals surface area contributed by atoms with Crippen LogP contribution >= 0.6 is 11.6 Å². The Bertz CT molecular complexity index is 609. The molecule has 0 fully saturated rings. The summed E-state index contributed by atoms with van der Waals surface area (Å²) in [7, 11) is 0. The SMILES string of the molecule is CC(C)(N)c1cnn(-c2ccc(Cl)cc2)c1C(F)(F)F. The minimum Gasteiger partial charge on any atom is -0.322 e. The van der Waals surface area contributed by atoms with Crippen molar-refractivity contribution in [3.8, 4) is 5.69 Å². The predicted molar refractivity (Wildman–Crippen MR) is 70.8 cm³/mol. The van der Waals surface area contributed by atoms with E-state index in [9.17, 15) is 13.2 Å². The van der Waals surface area contributed by atoms with Crippen molar-refractivity contribution in [1.29, 1.82) is 0 Å². The van der Waals surface area contributed by atoms with Crippen LogP contribution in [-0.2, 0) is 11.7 Å². The summed E-state index contributed by atoms with van der Waals surface area (Å²) in [6.07, 6.45) is -3.40. The Morgan fingerprint density at radius 3 is 2.15 bits per heavy atom. The van der Waals surface area contributed by atoms with Crippen molar-refractivity contribution >= 4 is 11.6 Å². The highest BCUT2D eigenvalue weighted by Gasteiger charge is 2.41. The van der Waals surface area contributed by atoms with E-state index >= 15 is 0 Å². The van der Waals surface area contributed by atoms with Crippen LogP contribution in [0.3, 0.4) is 0 Å². The first-order valence-corrected chi connectivity index (χ1v) is 6.19. The first-order valence-electron chi connectivity index (χ1n) is 5.81. The molecule has 20 heavy (non-hydrogen) atoms. The summed E-state index contributed by atoms with van der Waals surface area (Å²) in [6, 6.07) is 5.95. The molecule has 2 N–H and O–H groups in total. The monoisotopic (exact) mass is 303 g/mol. The predicted octanol–water partition coefficient (Wildman–Crippen LogP) is 3.74. The largest absolute Gasteiger partial charge is 0.433 e. The summed E-state index contributed by atoms with van der Waals surface area (Å²) in [5, 5.41) is 4.26. The molecule has 1 aromatic carbocycles. The Morgan fingerprint density at radius 1 is 1.15 bits per heavy atom. The van der Waals surface area contributed by atoms with Crippen LogP contribution in [0.15, 0.2) is 30.5 Å². The molecule has 0 aliphatic carbocycles. The fraction of sp³-hybridized carbons (Fsp3) is 0.308. The van der Waals surface area contributed by atoms with E-state index in [1.807, 2.05) is 0 Å². The number of aromatic nitrogens is 2. The molecule has 0 spiro atoms. The van der Waals surface area contributed by atoms with Crippen LogP contribution in [0.4, 0.5) is 13.2 Å². The molecule has 0 radical (unpaired) electrons. The van der Waals surface area contributed by atoms with E-state index in [0.29, 0.717) is 5.02 Å². The van der Waals surface area contributed by atoms with E-state index in [2.05, 4.69) is 5.10 Å². The lowest BCUT2D eigenvalue weighted by molar-refractivity contribution is -0.143. The van der Waals surface area contributed by atoms with E-state index in [1.54, 1.807) is 0 Å². The third kappa shape index (κ3) is 2.81. The maximum absolute atomic E-state index is 13.3. The maximum Gasteiger partial charge on any atom is 0.433 e. The molecule has 108 valence electrons. The summed E-state index contributed by atoms with van der Waals surface area (Å²) in [5.41, 5.74) is 4.00. The number of benzene rings is 1. The van der Waals surface area contributed by atoms with E-state index in [1.165, 1.54) is 38.1 Å². The van der Waals surface area contributed by atoms with Gasteiger partial charge in [-0.2, -0.15) is 18.3 Å². The third-order valence-corrected chi connectivity index (χ3v) is 3.06. The van der Waals surface area contributed by atoms with Crippen LogP contribution in [0.1, 0.15) is 25.1 Å². The summed E-state index contributed by atoms with van der Waals surface area (Å²) in [5.74, 6) is 0. The van der Waals surface area contributed by atoms with E-state index < -0.39 is 17.4 Å². The Balaban J connectivity index is 2.66. The van der Waals surface area contributed by atoms with Gasteiger partial charge in [-0.1, -0.05) is 11.6 Å². The van der Waals surface area contributed by atoms with Crippen LogP contribution in [0.25, 0.3) is 5.69 Å². The van der Waals surface area contributed by atoms with Gasteiger partial charge in [0.15, 0.2) is 5.69 Å². The summed E-state index contributed by atoms with van der Waals surface area (Å²) in [4.78, 5) is 0. The highest BCUT2D eigenvalue weighted by Crippen LogP contribution is 2.37. The van der Waals surface area contributed by atoms with Crippen molar-refractivity contribution in [3.05, 3.63) is 46.7 Å². The maximum atomic E-state index is 13.3. The Morgan fingerprint density at radius 2 is 1.70 bits per heavy atom. The molecule has 2 aromatic rings. The van der Waals surface area contributed by atoms with Crippen LogP contribution in [0.5, 0.6) is 0 Å². The number of hydrogen-bond acceptors (Lipinski definition) is 2. The average molecular weight is 304 g/mol. The van der Waals surface area contributed by atoms with Crippen molar-refractivity contribution in [2.45, 2.75) is 25.6 Å². The number of rotatable bonds is 2. The van der Waals surface area contributed by atoms with Gasteiger partial charge in [0.25, 0.3) is 0 Å². The van der Waals surface area contributed by atoms with Crippen molar-refractivity contribution in [2.75, 3.05) is 0 Å². The molecule has 2 rings (SSSR count). The molecular weight excluding hydrogens is 291 g/mol. The molecule has 0 atom stereocenters.